The number of thiophene rings is 2. The normalized spacial score (nSPS) is 12.3. The van der Waals surface area contributed by atoms with Crippen molar-refractivity contribution in [3.63, 3.8) is 0 Å². The molecule has 0 aliphatic carbocycles. The number of nitrogens with zero attached hydrogens (tertiary/aromatic N) is 2. The van der Waals surface area contributed by atoms with Gasteiger partial charge in [-0.2, -0.15) is 0 Å². The average molecular weight is 723 g/mol. The predicted molar refractivity (Wildman–Crippen MR) is 223 cm³/mol. The van der Waals surface area contributed by atoms with Crippen molar-refractivity contribution in [3.8, 4) is 50.4 Å². The van der Waals surface area contributed by atoms with Crippen molar-refractivity contribution in [2.75, 3.05) is 0 Å². The average Bonchev–Trinajstić information content (AvgIpc) is 3.99. The summed E-state index contributed by atoms with van der Waals surface area (Å²) in [6.07, 6.45) is 4.28. The van der Waals surface area contributed by atoms with Crippen molar-refractivity contribution < 1.29 is 9.53 Å². The molecule has 4 nitrogen and oxygen atoms in total. The number of ether oxygens (including phenoxy) is 1. The summed E-state index contributed by atoms with van der Waals surface area (Å²) in [6.45, 7) is 8.34. The van der Waals surface area contributed by atoms with Gasteiger partial charge in [0.25, 0.3) is 0 Å². The Labute approximate surface area is 316 Å². The third-order valence-corrected chi connectivity index (χ3v) is 12.0. The van der Waals surface area contributed by atoms with Crippen LogP contribution in [0.3, 0.4) is 0 Å². The monoisotopic (exact) mass is 722 g/mol. The van der Waals surface area contributed by atoms with Gasteiger partial charge >= 0.3 is 5.97 Å². The highest BCUT2D eigenvalue weighted by Gasteiger charge is 2.28. The fourth-order valence-corrected chi connectivity index (χ4v) is 9.20. The molecule has 0 spiro atoms. The maximum Gasteiger partial charge on any atom is 0.364 e. The Morgan fingerprint density at radius 1 is 0.415 bits per heavy atom. The van der Waals surface area contributed by atoms with Gasteiger partial charge in [-0.1, -0.05) is 119 Å². The van der Waals surface area contributed by atoms with Gasteiger partial charge in [0.1, 0.15) is 0 Å². The molecule has 4 aromatic carbocycles. The van der Waals surface area contributed by atoms with E-state index in [0.29, 0.717) is 11.6 Å². The maximum atomic E-state index is 14.1. The molecular weight excluding hydrogens is 689 g/mol. The molecule has 2 aliphatic rings. The standard InChI is InChI=1S/C47H34N2O2S2/c1-27-5-13-31(14-6-27)41-35-21-22-36(48-35)42(32-15-7-28(2)8-16-32)38-24-26-40(53-38)44(34-19-11-30(4)12-20-34)46-49-45(47(50)51-46)43(39-25-23-37(41)52-39)33-17-9-29(3)10-18-33/h5-26H,1-4H3. The van der Waals surface area contributed by atoms with Crippen molar-refractivity contribution in [1.82, 2.24) is 9.97 Å². The Morgan fingerprint density at radius 3 is 1.17 bits per heavy atom. The summed E-state index contributed by atoms with van der Waals surface area (Å²) in [4.78, 5) is 24.6. The van der Waals surface area contributed by atoms with E-state index < -0.39 is 5.97 Å². The Morgan fingerprint density at radius 2 is 0.755 bits per heavy atom. The number of carbonyl (C=O) groups is 1. The Bertz CT molecular complexity index is 2770. The summed E-state index contributed by atoms with van der Waals surface area (Å²) in [5.74, 6) is -0.166. The molecular formula is C47H34N2O2S2. The van der Waals surface area contributed by atoms with Crippen molar-refractivity contribution in [2.45, 2.75) is 27.7 Å². The lowest BCUT2D eigenvalue weighted by Gasteiger charge is -2.06. The number of esters is 1. The summed E-state index contributed by atoms with van der Waals surface area (Å²) >= 11 is 3.29. The highest BCUT2D eigenvalue weighted by Crippen LogP contribution is 2.44. The first-order valence-electron chi connectivity index (χ1n) is 17.6. The van der Waals surface area contributed by atoms with Crippen LogP contribution in [0, 0.1) is 27.7 Å². The third-order valence-electron chi connectivity index (χ3n) is 9.76. The summed E-state index contributed by atoms with van der Waals surface area (Å²) in [5.41, 5.74) is 14.3. The van der Waals surface area contributed by atoms with E-state index in [9.17, 15) is 4.79 Å². The van der Waals surface area contributed by atoms with Gasteiger partial charge in [-0.3, -0.25) is 0 Å². The van der Waals surface area contributed by atoms with E-state index in [1.165, 1.54) is 11.1 Å². The minimum atomic E-state index is -0.465. The number of hydrogen-bond acceptors (Lipinski definition) is 6. The number of carbonyl (C=O) groups excluding carboxylic acids is 1. The largest absolute Gasteiger partial charge is 0.402 e. The first-order chi connectivity index (χ1) is 25.8. The molecule has 5 heterocycles. The molecule has 0 saturated carbocycles. The molecule has 6 heteroatoms. The quantitative estimate of drug-likeness (QED) is 0.170. The molecule has 53 heavy (non-hydrogen) atoms. The molecule has 0 N–H and O–H groups in total. The number of benzene rings is 4. The molecule has 0 fully saturated rings. The molecule has 3 aromatic heterocycles. The second-order valence-electron chi connectivity index (χ2n) is 13.7. The lowest BCUT2D eigenvalue weighted by molar-refractivity contribution is 0.0755. The zero-order chi connectivity index (χ0) is 36.2. The molecule has 0 saturated heterocycles. The van der Waals surface area contributed by atoms with Gasteiger partial charge < -0.3 is 4.74 Å². The topological polar surface area (TPSA) is 52.1 Å². The van der Waals surface area contributed by atoms with Crippen molar-refractivity contribution >= 4 is 59.6 Å². The van der Waals surface area contributed by atoms with Crippen LogP contribution in [0.1, 0.15) is 44.1 Å². The third kappa shape index (κ3) is 6.10. The summed E-state index contributed by atoms with van der Waals surface area (Å²) in [6, 6.07) is 42.3. The number of hydrogen-bond donors (Lipinski definition) is 0. The Hall–Kier alpha value is -5.95. The molecule has 2 aliphatic heterocycles. The second kappa shape index (κ2) is 13.2. The smallest absolute Gasteiger partial charge is 0.364 e. The maximum absolute atomic E-state index is 14.1. The summed E-state index contributed by atoms with van der Waals surface area (Å²) in [7, 11) is 0. The highest BCUT2D eigenvalue weighted by molar-refractivity contribution is 7.24. The lowest BCUT2D eigenvalue weighted by atomic mass is 10.0. The van der Waals surface area contributed by atoms with Crippen LogP contribution < -0.4 is 4.74 Å². The van der Waals surface area contributed by atoms with Crippen LogP contribution >= 0.6 is 22.7 Å². The fraction of sp³-hybridized carbons (Fsp3) is 0.0851. The van der Waals surface area contributed by atoms with E-state index in [1.807, 2.05) is 0 Å². The van der Waals surface area contributed by atoms with Crippen LogP contribution in [0.5, 0.6) is 5.88 Å². The highest BCUT2D eigenvalue weighted by atomic mass is 32.1. The molecule has 0 atom stereocenters. The van der Waals surface area contributed by atoms with Crippen LogP contribution in [0.2, 0.25) is 0 Å². The van der Waals surface area contributed by atoms with Gasteiger partial charge in [0, 0.05) is 35.5 Å². The van der Waals surface area contributed by atoms with Crippen LogP contribution in [-0.2, 0) is 0 Å². The van der Waals surface area contributed by atoms with Crippen LogP contribution in [0.25, 0.3) is 75.5 Å². The molecule has 8 bridgehead atoms. The predicted octanol–water partition coefficient (Wildman–Crippen LogP) is 13.1. The van der Waals surface area contributed by atoms with E-state index in [-0.39, 0.29) is 0 Å². The van der Waals surface area contributed by atoms with Gasteiger partial charge in [-0.25, -0.2) is 14.8 Å². The molecule has 0 amide bonds. The Balaban J connectivity index is 1.48. The summed E-state index contributed by atoms with van der Waals surface area (Å²) in [5, 5.41) is 0. The zero-order valence-electron chi connectivity index (χ0n) is 29.7. The van der Waals surface area contributed by atoms with E-state index in [2.05, 4.69) is 161 Å². The van der Waals surface area contributed by atoms with E-state index in [0.717, 1.165) is 85.8 Å². The van der Waals surface area contributed by atoms with Crippen LogP contribution in [-0.4, -0.2) is 15.9 Å². The second-order valence-corrected chi connectivity index (χ2v) is 15.8. The first kappa shape index (κ1) is 32.9. The van der Waals surface area contributed by atoms with E-state index in [1.54, 1.807) is 22.7 Å². The molecule has 0 radical (unpaired) electrons. The summed E-state index contributed by atoms with van der Waals surface area (Å²) < 4.78 is 10.2. The lowest BCUT2D eigenvalue weighted by Crippen LogP contribution is -2.03. The van der Waals surface area contributed by atoms with Gasteiger partial charge in [0.15, 0.2) is 5.69 Å². The molecule has 7 aromatic rings. The number of aryl methyl sites for hydroxylation is 4. The minimum absolute atomic E-state index is 0.295. The SMILES string of the molecule is Cc1ccc(-c2c3nc(c(-c4ccc(C)cc4)c4ccc(s4)c(-c4ccc(C)cc4)c4nc(c(-c5ccc(C)cc5)c5ccc2s5)OC4=O)C=C3)cc1. The van der Waals surface area contributed by atoms with Crippen molar-refractivity contribution in [2.24, 2.45) is 0 Å². The van der Waals surface area contributed by atoms with E-state index in [4.69, 9.17) is 14.7 Å². The molecule has 256 valence electrons. The Kier molecular flexibility index (Phi) is 8.22. The minimum Gasteiger partial charge on any atom is -0.402 e. The number of aromatic nitrogens is 2. The van der Waals surface area contributed by atoms with Crippen LogP contribution in [0.4, 0.5) is 0 Å². The zero-order valence-corrected chi connectivity index (χ0v) is 31.4. The molecule has 9 rings (SSSR count). The van der Waals surface area contributed by atoms with Gasteiger partial charge in [0.05, 0.1) is 17.0 Å². The fourth-order valence-electron chi connectivity index (χ4n) is 6.91. The van der Waals surface area contributed by atoms with Gasteiger partial charge in [-0.15, -0.1) is 22.7 Å². The number of fused-ring (bicyclic) bond motifs is 8. The van der Waals surface area contributed by atoms with Crippen LogP contribution in [0.15, 0.2) is 121 Å². The van der Waals surface area contributed by atoms with Crippen molar-refractivity contribution in [1.29, 1.82) is 0 Å². The van der Waals surface area contributed by atoms with Gasteiger partial charge in [0.2, 0.25) is 5.88 Å². The number of rotatable bonds is 4. The molecule has 0 unspecified atom stereocenters. The van der Waals surface area contributed by atoms with Crippen molar-refractivity contribution in [3.05, 3.63) is 161 Å². The van der Waals surface area contributed by atoms with E-state index >= 15 is 0 Å². The van der Waals surface area contributed by atoms with Gasteiger partial charge in [-0.05, 0) is 86.4 Å². The first-order valence-corrected chi connectivity index (χ1v) is 19.2.